The zero-order chi connectivity index (χ0) is 14.7. The first-order valence-electron chi connectivity index (χ1n) is 7.46. The number of pyridine rings is 1. The number of aromatic nitrogens is 1. The number of benzene rings is 1. The van der Waals surface area contributed by atoms with Crippen LogP contribution in [0.25, 0.3) is 10.8 Å². The summed E-state index contributed by atoms with van der Waals surface area (Å²) in [5.74, 6) is -0.0619. The van der Waals surface area contributed by atoms with Gasteiger partial charge in [-0.25, -0.2) is 0 Å². The van der Waals surface area contributed by atoms with Crippen LogP contribution in [0.15, 0.2) is 36.5 Å². The molecule has 0 aliphatic heterocycles. The number of hydrogen-bond acceptors (Lipinski definition) is 2. The van der Waals surface area contributed by atoms with Gasteiger partial charge in [0, 0.05) is 16.9 Å². The van der Waals surface area contributed by atoms with Crippen molar-refractivity contribution in [1.29, 1.82) is 0 Å². The predicted molar refractivity (Wildman–Crippen MR) is 88.8 cm³/mol. The molecule has 0 radical (unpaired) electrons. The minimum absolute atomic E-state index is 0.0619. The van der Waals surface area contributed by atoms with E-state index in [0.717, 1.165) is 28.9 Å². The summed E-state index contributed by atoms with van der Waals surface area (Å²) in [5.41, 5.74) is 0.410. The van der Waals surface area contributed by atoms with Gasteiger partial charge in [-0.15, -0.1) is 0 Å². The molecule has 0 unspecified atom stereocenters. The van der Waals surface area contributed by atoms with Gasteiger partial charge >= 0.3 is 0 Å². The lowest BCUT2D eigenvalue weighted by atomic mass is 9.83. The fourth-order valence-electron chi connectivity index (χ4n) is 3.12. The van der Waals surface area contributed by atoms with Crippen LogP contribution in [0.3, 0.4) is 0 Å². The van der Waals surface area contributed by atoms with Gasteiger partial charge in [0.05, 0.1) is 5.54 Å². The van der Waals surface area contributed by atoms with E-state index < -0.39 is 0 Å². The Morgan fingerprint density at radius 2 is 1.95 bits per heavy atom. The summed E-state index contributed by atoms with van der Waals surface area (Å²) in [4.78, 5) is 17.0. The highest BCUT2D eigenvalue weighted by molar-refractivity contribution is 9.09. The molecule has 21 heavy (non-hydrogen) atoms. The Labute approximate surface area is 133 Å². The third kappa shape index (κ3) is 2.95. The Kier molecular flexibility index (Phi) is 4.24. The van der Waals surface area contributed by atoms with E-state index in [1.54, 1.807) is 6.20 Å². The van der Waals surface area contributed by atoms with E-state index in [0.29, 0.717) is 5.69 Å². The molecule has 0 saturated heterocycles. The molecule has 1 N–H and O–H groups in total. The minimum atomic E-state index is -0.117. The smallest absolute Gasteiger partial charge is 0.270 e. The van der Waals surface area contributed by atoms with Gasteiger partial charge in [0.15, 0.2) is 0 Å². The molecule has 1 aromatic heterocycles. The van der Waals surface area contributed by atoms with Crippen LogP contribution in [0.5, 0.6) is 0 Å². The number of rotatable bonds is 3. The Morgan fingerprint density at radius 3 is 2.71 bits per heavy atom. The second-order valence-electron chi connectivity index (χ2n) is 5.81. The van der Waals surface area contributed by atoms with E-state index >= 15 is 0 Å². The molecule has 0 atom stereocenters. The van der Waals surface area contributed by atoms with Crippen LogP contribution in [0.4, 0.5) is 0 Å². The molecule has 3 rings (SSSR count). The Balaban J connectivity index is 1.90. The summed E-state index contributed by atoms with van der Waals surface area (Å²) in [6, 6.07) is 9.83. The van der Waals surface area contributed by atoms with Crippen LogP contribution in [0, 0.1) is 0 Å². The van der Waals surface area contributed by atoms with E-state index in [4.69, 9.17) is 0 Å². The van der Waals surface area contributed by atoms with E-state index in [1.807, 2.05) is 30.3 Å². The van der Waals surface area contributed by atoms with Crippen molar-refractivity contribution in [3.05, 3.63) is 42.2 Å². The lowest BCUT2D eigenvalue weighted by molar-refractivity contribution is 0.0883. The first-order valence-corrected chi connectivity index (χ1v) is 8.58. The first-order chi connectivity index (χ1) is 10.2. The van der Waals surface area contributed by atoms with Crippen molar-refractivity contribution in [3.63, 3.8) is 0 Å². The molecule has 2 aromatic rings. The molecular weight excluding hydrogens is 328 g/mol. The number of hydrogen-bond donors (Lipinski definition) is 1. The van der Waals surface area contributed by atoms with Gasteiger partial charge in [-0.2, -0.15) is 0 Å². The number of nitrogens with zero attached hydrogens (tertiary/aromatic N) is 1. The van der Waals surface area contributed by atoms with Gasteiger partial charge in [0.1, 0.15) is 5.69 Å². The second-order valence-corrected chi connectivity index (χ2v) is 6.37. The summed E-state index contributed by atoms with van der Waals surface area (Å²) < 4.78 is 0. The van der Waals surface area contributed by atoms with Gasteiger partial charge in [-0.3, -0.25) is 9.78 Å². The van der Waals surface area contributed by atoms with Crippen LogP contribution >= 0.6 is 15.9 Å². The summed E-state index contributed by atoms with van der Waals surface area (Å²) in [7, 11) is 0. The lowest BCUT2D eigenvalue weighted by Gasteiger charge is -2.36. The SMILES string of the molecule is O=C(NC1(CBr)CCCCC1)c1nccc2ccccc12. The van der Waals surface area contributed by atoms with Gasteiger partial charge in [0.2, 0.25) is 0 Å². The molecular formula is C17H19BrN2O. The number of amides is 1. The molecule has 0 spiro atoms. The molecule has 1 aliphatic carbocycles. The summed E-state index contributed by atoms with van der Waals surface area (Å²) in [5, 5.41) is 6.01. The Morgan fingerprint density at radius 1 is 1.19 bits per heavy atom. The van der Waals surface area contributed by atoms with Crippen molar-refractivity contribution in [1.82, 2.24) is 10.3 Å². The molecule has 1 saturated carbocycles. The quantitative estimate of drug-likeness (QED) is 0.851. The van der Waals surface area contributed by atoms with Gasteiger partial charge in [-0.05, 0) is 24.3 Å². The first kappa shape index (κ1) is 14.5. The van der Waals surface area contributed by atoms with E-state index in [2.05, 4.69) is 26.2 Å². The van der Waals surface area contributed by atoms with Crippen molar-refractivity contribution in [2.24, 2.45) is 0 Å². The molecule has 4 heteroatoms. The molecule has 1 aliphatic rings. The predicted octanol–water partition coefficient (Wildman–Crippen LogP) is 4.06. The Hall–Kier alpha value is -1.42. The van der Waals surface area contributed by atoms with Gasteiger partial charge in [0.25, 0.3) is 5.91 Å². The minimum Gasteiger partial charge on any atom is -0.344 e. The third-order valence-corrected chi connectivity index (χ3v) is 5.41. The lowest BCUT2D eigenvalue weighted by Crippen LogP contribution is -2.51. The van der Waals surface area contributed by atoms with Crippen molar-refractivity contribution in [2.45, 2.75) is 37.6 Å². The van der Waals surface area contributed by atoms with Crippen molar-refractivity contribution in [3.8, 4) is 0 Å². The molecule has 1 amide bonds. The van der Waals surface area contributed by atoms with Crippen LogP contribution in [0.2, 0.25) is 0 Å². The summed E-state index contributed by atoms with van der Waals surface area (Å²) >= 11 is 3.58. The third-order valence-electron chi connectivity index (χ3n) is 4.33. The maximum absolute atomic E-state index is 12.7. The van der Waals surface area contributed by atoms with Gasteiger partial charge < -0.3 is 5.32 Å². The maximum atomic E-state index is 12.7. The number of halogens is 1. The van der Waals surface area contributed by atoms with Crippen LogP contribution in [-0.4, -0.2) is 21.8 Å². The normalized spacial score (nSPS) is 17.6. The van der Waals surface area contributed by atoms with Crippen LogP contribution in [-0.2, 0) is 0 Å². The highest BCUT2D eigenvalue weighted by Gasteiger charge is 2.33. The fourth-order valence-corrected chi connectivity index (χ4v) is 3.82. The number of carbonyl (C=O) groups is 1. The van der Waals surface area contributed by atoms with Crippen molar-refractivity contribution < 1.29 is 4.79 Å². The summed E-state index contributed by atoms with van der Waals surface area (Å²) in [6.45, 7) is 0. The van der Waals surface area contributed by atoms with E-state index in [1.165, 1.54) is 19.3 Å². The highest BCUT2D eigenvalue weighted by atomic mass is 79.9. The van der Waals surface area contributed by atoms with Crippen molar-refractivity contribution >= 4 is 32.6 Å². The monoisotopic (exact) mass is 346 g/mol. The average Bonchev–Trinajstić information content (AvgIpc) is 2.55. The number of alkyl halides is 1. The fraction of sp³-hybridized carbons (Fsp3) is 0.412. The van der Waals surface area contributed by atoms with Crippen LogP contribution in [0.1, 0.15) is 42.6 Å². The number of carbonyl (C=O) groups excluding carboxylic acids is 1. The van der Waals surface area contributed by atoms with Crippen LogP contribution < -0.4 is 5.32 Å². The molecule has 0 bridgehead atoms. The topological polar surface area (TPSA) is 42.0 Å². The molecule has 1 heterocycles. The van der Waals surface area contributed by atoms with Gasteiger partial charge in [-0.1, -0.05) is 59.5 Å². The largest absolute Gasteiger partial charge is 0.344 e. The van der Waals surface area contributed by atoms with Crippen molar-refractivity contribution in [2.75, 3.05) is 5.33 Å². The zero-order valence-electron chi connectivity index (χ0n) is 11.9. The standard InChI is InChI=1S/C17H19BrN2O/c18-12-17(9-4-1-5-10-17)20-16(21)15-14-7-3-2-6-13(14)8-11-19-15/h2-3,6-8,11H,1,4-5,9-10,12H2,(H,20,21). The summed E-state index contributed by atoms with van der Waals surface area (Å²) in [6.07, 6.45) is 7.39. The number of nitrogens with one attached hydrogen (secondary N) is 1. The average molecular weight is 347 g/mol. The molecule has 3 nitrogen and oxygen atoms in total. The Bertz CT molecular complexity index is 645. The van der Waals surface area contributed by atoms with E-state index in [-0.39, 0.29) is 11.4 Å². The van der Waals surface area contributed by atoms with E-state index in [9.17, 15) is 4.79 Å². The number of fused-ring (bicyclic) bond motifs is 1. The molecule has 1 aromatic carbocycles. The zero-order valence-corrected chi connectivity index (χ0v) is 13.5. The maximum Gasteiger partial charge on any atom is 0.270 e. The molecule has 1 fully saturated rings. The highest BCUT2D eigenvalue weighted by Crippen LogP contribution is 2.30. The second kappa shape index (κ2) is 6.14. The molecule has 110 valence electrons.